The number of aryl methyl sites for hydroxylation is 1. The zero-order valence-electron chi connectivity index (χ0n) is 12.4. The van der Waals surface area contributed by atoms with Crippen molar-refractivity contribution in [1.82, 2.24) is 5.32 Å². The van der Waals surface area contributed by atoms with Gasteiger partial charge in [0.25, 0.3) is 0 Å². The van der Waals surface area contributed by atoms with Crippen molar-refractivity contribution >= 4 is 38.5 Å². The number of benzene rings is 2. The smallest absolute Gasteiger partial charge is 0.124 e. The predicted octanol–water partition coefficient (Wildman–Crippen LogP) is 5.07. The lowest BCUT2D eigenvalue weighted by molar-refractivity contribution is 0.334. The van der Waals surface area contributed by atoms with Crippen LogP contribution in [0.1, 0.15) is 29.7 Å². The van der Waals surface area contributed by atoms with Crippen LogP contribution in [0.4, 0.5) is 0 Å². The monoisotopic (exact) mass is 459 g/mol. The topological polar surface area (TPSA) is 21.3 Å². The molecule has 21 heavy (non-hydrogen) atoms. The summed E-state index contributed by atoms with van der Waals surface area (Å²) in [5.74, 6) is 0.943. The van der Waals surface area contributed by atoms with Gasteiger partial charge in [0.2, 0.25) is 0 Å². The second-order valence-corrected chi connectivity index (χ2v) is 6.94. The summed E-state index contributed by atoms with van der Waals surface area (Å²) < 4.78 is 8.13. The number of rotatable bonds is 5. The van der Waals surface area contributed by atoms with Crippen LogP contribution in [-0.4, -0.2) is 13.7 Å². The van der Waals surface area contributed by atoms with E-state index in [1.165, 1.54) is 20.3 Å². The van der Waals surface area contributed by atoms with Crippen molar-refractivity contribution < 1.29 is 4.74 Å². The van der Waals surface area contributed by atoms with Gasteiger partial charge in [-0.2, -0.15) is 0 Å². The van der Waals surface area contributed by atoms with Crippen molar-refractivity contribution in [1.29, 1.82) is 0 Å². The summed E-state index contributed by atoms with van der Waals surface area (Å²) >= 11 is 5.95. The van der Waals surface area contributed by atoms with Crippen molar-refractivity contribution in [3.05, 3.63) is 61.1 Å². The molecule has 4 heteroatoms. The Morgan fingerprint density at radius 2 is 1.95 bits per heavy atom. The van der Waals surface area contributed by atoms with Crippen molar-refractivity contribution in [3.8, 4) is 5.75 Å². The third-order valence-corrected chi connectivity index (χ3v) is 4.81. The van der Waals surface area contributed by atoms with E-state index in [9.17, 15) is 0 Å². The zero-order valence-corrected chi connectivity index (χ0v) is 16.2. The number of nitrogens with one attached hydrogen (secondary N) is 1. The highest BCUT2D eigenvalue weighted by atomic mass is 127. The van der Waals surface area contributed by atoms with Crippen molar-refractivity contribution in [2.45, 2.75) is 19.9 Å². The summed E-state index contributed by atoms with van der Waals surface area (Å²) in [5.41, 5.74) is 3.66. The van der Waals surface area contributed by atoms with Crippen molar-refractivity contribution in [3.63, 3.8) is 0 Å². The lowest BCUT2D eigenvalue weighted by Crippen LogP contribution is -2.20. The summed E-state index contributed by atoms with van der Waals surface area (Å²) in [6, 6.07) is 12.8. The molecule has 2 aromatic carbocycles. The second-order valence-electron chi connectivity index (χ2n) is 4.86. The van der Waals surface area contributed by atoms with Gasteiger partial charge in [0.15, 0.2) is 0 Å². The maximum Gasteiger partial charge on any atom is 0.124 e. The van der Waals surface area contributed by atoms with Crippen LogP contribution in [0.3, 0.4) is 0 Å². The quantitative estimate of drug-likeness (QED) is 0.630. The Morgan fingerprint density at radius 1 is 1.19 bits per heavy atom. The first kappa shape index (κ1) is 16.8. The van der Waals surface area contributed by atoms with Crippen LogP contribution in [0, 0.1) is 10.5 Å². The maximum atomic E-state index is 5.81. The molecule has 2 rings (SSSR count). The largest absolute Gasteiger partial charge is 0.494 e. The number of hydrogen-bond acceptors (Lipinski definition) is 2. The van der Waals surface area contributed by atoms with E-state index in [1.807, 2.05) is 14.0 Å². The van der Waals surface area contributed by atoms with Crippen LogP contribution >= 0.6 is 38.5 Å². The van der Waals surface area contributed by atoms with Gasteiger partial charge < -0.3 is 10.1 Å². The Hall–Kier alpha value is -0.590. The summed E-state index contributed by atoms with van der Waals surface area (Å²) in [5, 5.41) is 3.42. The van der Waals surface area contributed by atoms with Crippen LogP contribution in [0.15, 0.2) is 40.9 Å². The average molecular weight is 460 g/mol. The highest BCUT2D eigenvalue weighted by molar-refractivity contribution is 14.1. The first-order valence-corrected chi connectivity index (χ1v) is 8.79. The van der Waals surface area contributed by atoms with E-state index in [0.717, 1.165) is 10.2 Å². The lowest BCUT2D eigenvalue weighted by atomic mass is 9.96. The molecule has 0 aromatic heterocycles. The van der Waals surface area contributed by atoms with Gasteiger partial charge in [0.05, 0.1) is 12.6 Å². The highest BCUT2D eigenvalue weighted by Gasteiger charge is 2.19. The van der Waals surface area contributed by atoms with Crippen LogP contribution < -0.4 is 10.1 Å². The molecule has 2 nitrogen and oxygen atoms in total. The van der Waals surface area contributed by atoms with Gasteiger partial charge in [0, 0.05) is 13.6 Å². The normalized spacial score (nSPS) is 12.2. The van der Waals surface area contributed by atoms with E-state index in [2.05, 4.69) is 87.2 Å². The minimum atomic E-state index is 0.107. The molecule has 0 saturated heterocycles. The molecule has 0 saturated carbocycles. The summed E-state index contributed by atoms with van der Waals surface area (Å²) in [4.78, 5) is 0. The maximum absolute atomic E-state index is 5.81. The Kier molecular flexibility index (Phi) is 6.08. The fraction of sp³-hybridized carbons (Fsp3) is 0.294. The molecular weight excluding hydrogens is 441 g/mol. The predicted molar refractivity (Wildman–Crippen MR) is 100 cm³/mol. The molecule has 0 aliphatic rings. The van der Waals surface area contributed by atoms with Gasteiger partial charge in [-0.25, -0.2) is 0 Å². The summed E-state index contributed by atoms with van der Waals surface area (Å²) in [7, 11) is 1.99. The SMILES string of the molecule is CCOc1ccc(C)cc1C(NC)c1cc(Br)ccc1I. The number of ether oxygens (including phenoxy) is 1. The van der Waals surface area contributed by atoms with Gasteiger partial charge in [-0.05, 0) is 73.3 Å². The summed E-state index contributed by atoms with van der Waals surface area (Å²) in [6.07, 6.45) is 0. The first-order chi connectivity index (χ1) is 10.1. The second kappa shape index (κ2) is 7.61. The zero-order chi connectivity index (χ0) is 15.4. The van der Waals surface area contributed by atoms with Crippen LogP contribution in [-0.2, 0) is 0 Å². The first-order valence-electron chi connectivity index (χ1n) is 6.92. The third-order valence-electron chi connectivity index (χ3n) is 3.33. The van der Waals surface area contributed by atoms with E-state index in [-0.39, 0.29) is 6.04 Å². The van der Waals surface area contributed by atoms with E-state index in [4.69, 9.17) is 4.74 Å². The minimum Gasteiger partial charge on any atom is -0.494 e. The van der Waals surface area contributed by atoms with E-state index >= 15 is 0 Å². The van der Waals surface area contributed by atoms with Gasteiger partial charge in [-0.3, -0.25) is 0 Å². The summed E-state index contributed by atoms with van der Waals surface area (Å²) in [6.45, 7) is 4.79. The standard InChI is InChI=1S/C17H19BrINO/c1-4-21-16-8-5-11(2)9-14(16)17(20-3)13-10-12(18)6-7-15(13)19/h5-10,17,20H,4H2,1-3H3. The van der Waals surface area contributed by atoms with Gasteiger partial charge in [-0.15, -0.1) is 0 Å². The average Bonchev–Trinajstić information content (AvgIpc) is 2.46. The Morgan fingerprint density at radius 3 is 2.62 bits per heavy atom. The molecule has 0 heterocycles. The molecule has 0 spiro atoms. The number of hydrogen-bond donors (Lipinski definition) is 1. The van der Waals surface area contributed by atoms with E-state index in [0.29, 0.717) is 6.61 Å². The van der Waals surface area contributed by atoms with Gasteiger partial charge >= 0.3 is 0 Å². The van der Waals surface area contributed by atoms with Crippen molar-refractivity contribution in [2.24, 2.45) is 0 Å². The van der Waals surface area contributed by atoms with Crippen LogP contribution in [0.2, 0.25) is 0 Å². The van der Waals surface area contributed by atoms with Crippen molar-refractivity contribution in [2.75, 3.05) is 13.7 Å². The molecule has 1 atom stereocenters. The molecular formula is C17H19BrINO. The Labute approximate surface area is 148 Å². The lowest BCUT2D eigenvalue weighted by Gasteiger charge is -2.22. The van der Waals surface area contributed by atoms with Gasteiger partial charge in [-0.1, -0.05) is 33.6 Å². The molecule has 1 N–H and O–H groups in total. The number of halogens is 2. The van der Waals surface area contributed by atoms with E-state index in [1.54, 1.807) is 0 Å². The van der Waals surface area contributed by atoms with Crippen LogP contribution in [0.25, 0.3) is 0 Å². The molecule has 0 bridgehead atoms. The fourth-order valence-electron chi connectivity index (χ4n) is 2.39. The molecule has 0 aliphatic heterocycles. The minimum absolute atomic E-state index is 0.107. The molecule has 2 aromatic rings. The molecule has 1 unspecified atom stereocenters. The third kappa shape index (κ3) is 3.99. The highest BCUT2D eigenvalue weighted by Crippen LogP contribution is 2.34. The van der Waals surface area contributed by atoms with Crippen LogP contribution in [0.5, 0.6) is 5.75 Å². The molecule has 0 amide bonds. The van der Waals surface area contributed by atoms with E-state index < -0.39 is 0 Å². The molecule has 0 fully saturated rings. The Balaban J connectivity index is 2.55. The Bertz CT molecular complexity index is 630. The molecule has 0 radical (unpaired) electrons. The fourth-order valence-corrected chi connectivity index (χ4v) is 3.42. The molecule has 0 aliphatic carbocycles. The molecule has 112 valence electrons. The van der Waals surface area contributed by atoms with Gasteiger partial charge in [0.1, 0.15) is 5.75 Å².